The Labute approximate surface area is 166 Å². The van der Waals surface area contributed by atoms with Crippen molar-refractivity contribution in [3.05, 3.63) is 12.2 Å². The van der Waals surface area contributed by atoms with Gasteiger partial charge in [-0.2, -0.15) is 0 Å². The summed E-state index contributed by atoms with van der Waals surface area (Å²) in [6, 6.07) is 0. The second-order valence-corrected chi connectivity index (χ2v) is 14.5. The standard InChI is InChI=1S/C22H40O4Si/c1-6-7-8-11-21(2,26-27(3,4)5)12-10-17-18-16-22(19(18)15-20(17)23)24-13-9-14-25-22/h10,12,17-20,23H,6-9,11,13-16H2,1-5H3/t17-,18-,19+,20-,21?/m0/s1. The van der Waals surface area contributed by atoms with Crippen molar-refractivity contribution >= 4 is 8.32 Å². The van der Waals surface area contributed by atoms with Crippen molar-refractivity contribution in [1.82, 2.24) is 0 Å². The molecule has 1 unspecified atom stereocenters. The Bertz CT molecular complexity index is 523. The van der Waals surface area contributed by atoms with E-state index in [4.69, 9.17) is 13.9 Å². The molecule has 1 aliphatic heterocycles. The molecular weight excluding hydrogens is 356 g/mol. The largest absolute Gasteiger partial charge is 0.409 e. The average molecular weight is 397 g/mol. The number of aliphatic hydroxyl groups excluding tert-OH is 1. The molecular formula is C22H40O4Si. The SMILES string of the molecule is CCCCCC(C)(C=C[C@H]1[C@@H]2CC3(OCCCO3)[C@@H]2C[C@@H]1O)O[Si](C)(C)C. The Morgan fingerprint density at radius 2 is 1.93 bits per heavy atom. The molecule has 1 spiro atoms. The van der Waals surface area contributed by atoms with Crippen molar-refractivity contribution in [3.63, 3.8) is 0 Å². The summed E-state index contributed by atoms with van der Waals surface area (Å²) in [7, 11) is -1.65. The molecule has 2 aliphatic carbocycles. The highest BCUT2D eigenvalue weighted by Crippen LogP contribution is 2.59. The summed E-state index contributed by atoms with van der Waals surface area (Å²) in [4.78, 5) is 0. The van der Waals surface area contributed by atoms with Gasteiger partial charge in [0.2, 0.25) is 0 Å². The number of hydrogen-bond donors (Lipinski definition) is 1. The van der Waals surface area contributed by atoms with Crippen LogP contribution in [0.2, 0.25) is 19.6 Å². The number of aliphatic hydroxyl groups is 1. The van der Waals surface area contributed by atoms with Crippen LogP contribution in [-0.4, -0.2) is 44.1 Å². The molecule has 1 heterocycles. The van der Waals surface area contributed by atoms with Gasteiger partial charge in [-0.15, -0.1) is 0 Å². The van der Waals surface area contributed by atoms with E-state index in [1.165, 1.54) is 19.3 Å². The summed E-state index contributed by atoms with van der Waals surface area (Å²) in [5, 5.41) is 10.7. The summed E-state index contributed by atoms with van der Waals surface area (Å²) in [5.74, 6) is 0.615. The molecule has 4 nitrogen and oxygen atoms in total. The highest BCUT2D eigenvalue weighted by Gasteiger charge is 2.63. The monoisotopic (exact) mass is 396 g/mol. The minimum atomic E-state index is -1.65. The lowest BCUT2D eigenvalue weighted by Crippen LogP contribution is -2.58. The molecule has 2 saturated carbocycles. The lowest BCUT2D eigenvalue weighted by atomic mass is 9.66. The molecule has 3 rings (SSSR count). The normalized spacial score (nSPS) is 35.2. The zero-order chi connectivity index (χ0) is 19.7. The zero-order valence-electron chi connectivity index (χ0n) is 18.0. The Kier molecular flexibility index (Phi) is 6.59. The smallest absolute Gasteiger partial charge is 0.184 e. The molecule has 0 amide bonds. The molecule has 27 heavy (non-hydrogen) atoms. The van der Waals surface area contributed by atoms with Crippen LogP contribution < -0.4 is 0 Å². The maximum Gasteiger partial charge on any atom is 0.184 e. The molecule has 0 bridgehead atoms. The predicted octanol–water partition coefficient (Wildman–Crippen LogP) is 4.88. The number of ether oxygens (including phenoxy) is 2. The highest BCUT2D eigenvalue weighted by atomic mass is 28.4. The van der Waals surface area contributed by atoms with E-state index in [1.54, 1.807) is 0 Å². The van der Waals surface area contributed by atoms with Gasteiger partial charge in [0.25, 0.3) is 0 Å². The lowest BCUT2D eigenvalue weighted by molar-refractivity contribution is -0.349. The van der Waals surface area contributed by atoms with E-state index in [2.05, 4.69) is 45.6 Å². The fraction of sp³-hybridized carbons (Fsp3) is 0.909. The van der Waals surface area contributed by atoms with Crippen LogP contribution >= 0.6 is 0 Å². The minimum Gasteiger partial charge on any atom is -0.409 e. The molecule has 0 aromatic heterocycles. The Morgan fingerprint density at radius 3 is 2.56 bits per heavy atom. The molecule has 5 atom stereocenters. The summed E-state index contributed by atoms with van der Waals surface area (Å²) in [6.07, 6.45) is 11.6. The van der Waals surface area contributed by atoms with Gasteiger partial charge in [-0.1, -0.05) is 38.3 Å². The first kappa shape index (κ1) is 21.5. The maximum absolute atomic E-state index is 10.7. The van der Waals surface area contributed by atoms with Gasteiger partial charge in [-0.05, 0) is 51.7 Å². The third-order valence-corrected chi connectivity index (χ3v) is 7.58. The molecule has 1 saturated heterocycles. The zero-order valence-corrected chi connectivity index (χ0v) is 19.0. The quantitative estimate of drug-likeness (QED) is 0.361. The molecule has 3 aliphatic rings. The van der Waals surface area contributed by atoms with Crippen molar-refractivity contribution < 1.29 is 19.0 Å². The van der Waals surface area contributed by atoms with Gasteiger partial charge in [0.15, 0.2) is 14.1 Å². The fourth-order valence-electron chi connectivity index (χ4n) is 5.35. The van der Waals surface area contributed by atoms with Crippen LogP contribution in [0.5, 0.6) is 0 Å². The van der Waals surface area contributed by atoms with Crippen LogP contribution in [0, 0.1) is 17.8 Å². The Balaban J connectivity index is 1.67. The summed E-state index contributed by atoms with van der Waals surface area (Å²) in [6.45, 7) is 12.8. The van der Waals surface area contributed by atoms with Gasteiger partial charge in [0.1, 0.15) is 0 Å². The van der Waals surface area contributed by atoms with Crippen LogP contribution in [0.4, 0.5) is 0 Å². The van der Waals surface area contributed by atoms with Crippen molar-refractivity contribution in [2.75, 3.05) is 13.2 Å². The van der Waals surface area contributed by atoms with Crippen LogP contribution in [0.3, 0.4) is 0 Å². The molecule has 3 fully saturated rings. The van der Waals surface area contributed by atoms with Crippen LogP contribution in [0.1, 0.15) is 58.8 Å². The number of hydrogen-bond acceptors (Lipinski definition) is 4. The topological polar surface area (TPSA) is 47.9 Å². The number of fused-ring (bicyclic) bond motifs is 2. The second kappa shape index (κ2) is 8.27. The highest BCUT2D eigenvalue weighted by molar-refractivity contribution is 6.69. The van der Waals surface area contributed by atoms with Gasteiger partial charge < -0.3 is 19.0 Å². The van der Waals surface area contributed by atoms with Crippen LogP contribution in [0.25, 0.3) is 0 Å². The van der Waals surface area contributed by atoms with Crippen molar-refractivity contribution in [1.29, 1.82) is 0 Å². The van der Waals surface area contributed by atoms with E-state index < -0.39 is 14.1 Å². The summed E-state index contributed by atoms with van der Waals surface area (Å²) >= 11 is 0. The lowest BCUT2D eigenvalue weighted by Gasteiger charge is -2.53. The third-order valence-electron chi connectivity index (χ3n) is 6.50. The second-order valence-electron chi connectivity index (χ2n) is 10.1. The maximum atomic E-state index is 10.7. The first-order chi connectivity index (χ1) is 12.7. The Morgan fingerprint density at radius 1 is 1.22 bits per heavy atom. The first-order valence-electron chi connectivity index (χ1n) is 11.0. The van der Waals surface area contributed by atoms with E-state index in [0.717, 1.165) is 38.9 Å². The van der Waals surface area contributed by atoms with E-state index in [0.29, 0.717) is 11.8 Å². The third kappa shape index (κ3) is 4.87. The Hall–Kier alpha value is -0.203. The van der Waals surface area contributed by atoms with E-state index in [1.807, 2.05) is 0 Å². The number of unbranched alkanes of at least 4 members (excludes halogenated alkanes) is 2. The van der Waals surface area contributed by atoms with Crippen LogP contribution in [-0.2, 0) is 13.9 Å². The van der Waals surface area contributed by atoms with E-state index >= 15 is 0 Å². The average Bonchev–Trinajstić information content (AvgIpc) is 2.85. The predicted molar refractivity (Wildman–Crippen MR) is 111 cm³/mol. The summed E-state index contributed by atoms with van der Waals surface area (Å²) in [5.41, 5.74) is -0.225. The van der Waals surface area contributed by atoms with Gasteiger partial charge >= 0.3 is 0 Å². The van der Waals surface area contributed by atoms with Gasteiger partial charge in [-0.3, -0.25) is 0 Å². The van der Waals surface area contributed by atoms with Gasteiger partial charge in [0.05, 0.1) is 24.9 Å². The molecule has 156 valence electrons. The first-order valence-corrected chi connectivity index (χ1v) is 14.4. The van der Waals surface area contributed by atoms with E-state index in [-0.39, 0.29) is 17.6 Å². The molecule has 0 radical (unpaired) electrons. The van der Waals surface area contributed by atoms with Gasteiger partial charge in [-0.25, -0.2) is 0 Å². The van der Waals surface area contributed by atoms with Crippen molar-refractivity contribution in [2.45, 2.75) is 95.9 Å². The molecule has 1 N–H and O–H groups in total. The van der Waals surface area contributed by atoms with Gasteiger partial charge in [0, 0.05) is 18.3 Å². The van der Waals surface area contributed by atoms with Crippen LogP contribution in [0.15, 0.2) is 12.2 Å². The molecule has 0 aromatic carbocycles. The van der Waals surface area contributed by atoms with E-state index in [9.17, 15) is 5.11 Å². The fourth-order valence-corrected chi connectivity index (χ4v) is 6.92. The summed E-state index contributed by atoms with van der Waals surface area (Å²) < 4.78 is 18.6. The molecule has 5 heteroatoms. The van der Waals surface area contributed by atoms with Crippen molar-refractivity contribution in [2.24, 2.45) is 17.8 Å². The number of rotatable bonds is 8. The van der Waals surface area contributed by atoms with Crippen molar-refractivity contribution in [3.8, 4) is 0 Å². The molecule has 0 aromatic rings. The minimum absolute atomic E-state index is 0.200.